The number of hydrogen-bond acceptors (Lipinski definition) is 7. The third-order valence-corrected chi connectivity index (χ3v) is 2.06. The standard InChI is InChI=1S/C11H14N2O5/c1-4-17-11(15)9(13(2)16-3)7-10(14)8-5-6-18-12-8/h5-7H,4H2,1-3H3/b9-7-. The van der Waals surface area contributed by atoms with Gasteiger partial charge in [0, 0.05) is 19.2 Å². The molecule has 18 heavy (non-hydrogen) atoms. The van der Waals surface area contributed by atoms with Gasteiger partial charge in [0.05, 0.1) is 13.7 Å². The summed E-state index contributed by atoms with van der Waals surface area (Å²) in [4.78, 5) is 28.3. The van der Waals surface area contributed by atoms with Crippen LogP contribution in [0.15, 0.2) is 28.6 Å². The Balaban J connectivity index is 2.95. The molecule has 0 aromatic carbocycles. The number of esters is 1. The van der Waals surface area contributed by atoms with E-state index in [1.165, 1.54) is 26.5 Å². The summed E-state index contributed by atoms with van der Waals surface area (Å²) < 4.78 is 9.37. The Bertz CT molecular complexity index is 438. The number of ketones is 1. The lowest BCUT2D eigenvalue weighted by Gasteiger charge is -2.17. The zero-order chi connectivity index (χ0) is 13.5. The molecule has 0 amide bonds. The van der Waals surface area contributed by atoms with E-state index in [1.54, 1.807) is 6.92 Å². The van der Waals surface area contributed by atoms with Crippen molar-refractivity contribution in [3.8, 4) is 0 Å². The van der Waals surface area contributed by atoms with Crippen LogP contribution in [0.2, 0.25) is 0 Å². The minimum absolute atomic E-state index is 0.0210. The van der Waals surface area contributed by atoms with E-state index in [9.17, 15) is 9.59 Å². The van der Waals surface area contributed by atoms with E-state index < -0.39 is 11.8 Å². The first-order valence-corrected chi connectivity index (χ1v) is 5.21. The van der Waals surface area contributed by atoms with Gasteiger partial charge >= 0.3 is 5.97 Å². The lowest BCUT2D eigenvalue weighted by Crippen LogP contribution is -2.25. The van der Waals surface area contributed by atoms with Crippen LogP contribution in [0.3, 0.4) is 0 Å². The van der Waals surface area contributed by atoms with Gasteiger partial charge in [0.2, 0.25) is 5.78 Å². The van der Waals surface area contributed by atoms with Gasteiger partial charge in [-0.3, -0.25) is 14.7 Å². The van der Waals surface area contributed by atoms with Crippen LogP contribution >= 0.6 is 0 Å². The minimum Gasteiger partial charge on any atom is -0.461 e. The van der Waals surface area contributed by atoms with Crippen molar-refractivity contribution in [2.24, 2.45) is 0 Å². The molecule has 0 aliphatic rings. The largest absolute Gasteiger partial charge is 0.461 e. The number of carbonyl (C=O) groups is 2. The zero-order valence-corrected chi connectivity index (χ0v) is 10.4. The number of aromatic nitrogens is 1. The summed E-state index contributed by atoms with van der Waals surface area (Å²) in [6.07, 6.45) is 2.35. The van der Waals surface area contributed by atoms with Crippen LogP contribution in [-0.2, 0) is 14.4 Å². The summed E-state index contributed by atoms with van der Waals surface area (Å²) >= 11 is 0. The Morgan fingerprint density at radius 2 is 2.28 bits per heavy atom. The van der Waals surface area contributed by atoms with Crippen molar-refractivity contribution in [2.75, 3.05) is 20.8 Å². The Hall–Kier alpha value is -2.15. The lowest BCUT2D eigenvalue weighted by molar-refractivity contribution is -0.149. The summed E-state index contributed by atoms with van der Waals surface area (Å²) in [5.41, 5.74) is 0.0775. The third kappa shape index (κ3) is 3.42. The highest BCUT2D eigenvalue weighted by atomic mass is 16.7. The molecule has 7 heteroatoms. The minimum atomic E-state index is -0.654. The average Bonchev–Trinajstić information content (AvgIpc) is 2.88. The van der Waals surface area contributed by atoms with Crippen LogP contribution in [0.25, 0.3) is 0 Å². The summed E-state index contributed by atoms with van der Waals surface area (Å²) in [5.74, 6) is -1.13. The van der Waals surface area contributed by atoms with Gasteiger partial charge < -0.3 is 9.26 Å². The molecular formula is C11H14N2O5. The maximum Gasteiger partial charge on any atom is 0.357 e. The van der Waals surface area contributed by atoms with Crippen molar-refractivity contribution in [1.82, 2.24) is 10.2 Å². The zero-order valence-electron chi connectivity index (χ0n) is 10.4. The van der Waals surface area contributed by atoms with Crippen molar-refractivity contribution in [3.63, 3.8) is 0 Å². The highest BCUT2D eigenvalue weighted by Gasteiger charge is 2.19. The maximum absolute atomic E-state index is 11.8. The van der Waals surface area contributed by atoms with E-state index >= 15 is 0 Å². The normalized spacial score (nSPS) is 11.2. The van der Waals surface area contributed by atoms with Gasteiger partial charge in [-0.1, -0.05) is 5.16 Å². The molecular weight excluding hydrogens is 240 g/mol. The first-order chi connectivity index (χ1) is 8.60. The van der Waals surface area contributed by atoms with Gasteiger partial charge in [-0.05, 0) is 6.92 Å². The molecule has 0 fully saturated rings. The molecule has 1 aromatic rings. The van der Waals surface area contributed by atoms with Crippen LogP contribution in [-0.4, -0.2) is 42.7 Å². The van der Waals surface area contributed by atoms with E-state index in [0.717, 1.165) is 11.1 Å². The van der Waals surface area contributed by atoms with Crippen LogP contribution in [0.1, 0.15) is 17.4 Å². The van der Waals surface area contributed by atoms with Crippen molar-refractivity contribution >= 4 is 11.8 Å². The molecule has 1 heterocycles. The fourth-order valence-corrected chi connectivity index (χ4v) is 1.12. The van der Waals surface area contributed by atoms with E-state index in [0.29, 0.717) is 0 Å². The van der Waals surface area contributed by atoms with Gasteiger partial charge in [-0.15, -0.1) is 0 Å². The molecule has 7 nitrogen and oxygen atoms in total. The molecule has 1 aromatic heterocycles. The SMILES string of the molecule is CCOC(=O)/C(=C/C(=O)c1ccon1)N(C)OC. The predicted molar refractivity (Wildman–Crippen MR) is 60.3 cm³/mol. The quantitative estimate of drug-likeness (QED) is 0.321. The fourth-order valence-electron chi connectivity index (χ4n) is 1.12. The third-order valence-electron chi connectivity index (χ3n) is 2.06. The Labute approximate surface area is 104 Å². The number of hydroxylamine groups is 2. The smallest absolute Gasteiger partial charge is 0.357 e. The van der Waals surface area contributed by atoms with Gasteiger partial charge in [0.1, 0.15) is 6.26 Å². The second-order valence-electron chi connectivity index (χ2n) is 3.18. The van der Waals surface area contributed by atoms with Crippen molar-refractivity contribution in [1.29, 1.82) is 0 Å². The fraction of sp³-hybridized carbons (Fsp3) is 0.364. The first-order valence-electron chi connectivity index (χ1n) is 5.21. The maximum atomic E-state index is 11.8. The second kappa shape index (κ2) is 6.55. The average molecular weight is 254 g/mol. The second-order valence-corrected chi connectivity index (χ2v) is 3.18. The summed E-state index contributed by atoms with van der Waals surface area (Å²) in [6, 6.07) is 1.40. The van der Waals surface area contributed by atoms with Crippen LogP contribution in [0.5, 0.6) is 0 Å². The van der Waals surface area contributed by atoms with Crippen molar-refractivity contribution < 1.29 is 23.7 Å². The van der Waals surface area contributed by atoms with Crippen LogP contribution < -0.4 is 0 Å². The van der Waals surface area contributed by atoms with Gasteiger partial charge in [-0.2, -0.15) is 0 Å². The summed E-state index contributed by atoms with van der Waals surface area (Å²) in [6.45, 7) is 1.87. The number of nitrogens with zero attached hydrogens (tertiary/aromatic N) is 2. The monoisotopic (exact) mass is 254 g/mol. The number of allylic oxidation sites excluding steroid dienone is 1. The number of likely N-dealkylation sites (N-methyl/N-ethyl adjacent to an activating group) is 1. The first kappa shape index (κ1) is 13.9. The van der Waals surface area contributed by atoms with Crippen LogP contribution in [0, 0.1) is 0 Å². The molecule has 0 saturated carbocycles. The van der Waals surface area contributed by atoms with Crippen molar-refractivity contribution in [2.45, 2.75) is 6.92 Å². The molecule has 0 unspecified atom stereocenters. The van der Waals surface area contributed by atoms with E-state index in [2.05, 4.69) is 9.68 Å². The molecule has 0 saturated heterocycles. The summed E-state index contributed by atoms with van der Waals surface area (Å²) in [5, 5.41) is 4.61. The van der Waals surface area contributed by atoms with E-state index in [1.807, 2.05) is 0 Å². The number of ether oxygens (including phenoxy) is 1. The van der Waals surface area contributed by atoms with Crippen LogP contribution in [0.4, 0.5) is 0 Å². The highest BCUT2D eigenvalue weighted by Crippen LogP contribution is 2.07. The number of hydrogen-bond donors (Lipinski definition) is 0. The Kier molecular flexibility index (Phi) is 5.06. The molecule has 0 atom stereocenters. The van der Waals surface area contributed by atoms with Crippen molar-refractivity contribution in [3.05, 3.63) is 29.8 Å². The number of carbonyl (C=O) groups excluding carboxylic acids is 2. The molecule has 0 radical (unpaired) electrons. The van der Waals surface area contributed by atoms with E-state index in [-0.39, 0.29) is 18.0 Å². The topological polar surface area (TPSA) is 81.9 Å². The Morgan fingerprint density at radius 1 is 1.56 bits per heavy atom. The predicted octanol–water partition coefficient (Wildman–Crippen LogP) is 0.797. The molecule has 0 aliphatic heterocycles. The molecule has 0 N–H and O–H groups in total. The molecule has 0 spiro atoms. The van der Waals surface area contributed by atoms with E-state index in [4.69, 9.17) is 9.57 Å². The molecule has 0 aliphatic carbocycles. The molecule has 98 valence electrons. The Morgan fingerprint density at radius 3 is 2.78 bits per heavy atom. The van der Waals surface area contributed by atoms with Gasteiger partial charge in [0.15, 0.2) is 11.4 Å². The highest BCUT2D eigenvalue weighted by molar-refractivity contribution is 6.07. The van der Waals surface area contributed by atoms with Gasteiger partial charge in [-0.25, -0.2) is 4.79 Å². The molecule has 0 bridgehead atoms. The summed E-state index contributed by atoms with van der Waals surface area (Å²) in [7, 11) is 2.85. The molecule has 1 rings (SSSR count). The number of rotatable bonds is 6. The van der Waals surface area contributed by atoms with Gasteiger partial charge in [0.25, 0.3) is 0 Å². The lowest BCUT2D eigenvalue weighted by atomic mass is 10.2.